The molecule has 0 unspecified atom stereocenters. The normalized spacial score (nSPS) is 30.9. The molecule has 3 rings (SSSR count). The van der Waals surface area contributed by atoms with E-state index in [-0.39, 0.29) is 11.8 Å². The second-order valence-electron chi connectivity index (χ2n) is 4.40. The van der Waals surface area contributed by atoms with E-state index in [9.17, 15) is 9.90 Å². The summed E-state index contributed by atoms with van der Waals surface area (Å²) in [6.45, 7) is 0.270. The van der Waals surface area contributed by atoms with Gasteiger partial charge in [0.1, 0.15) is 17.3 Å². The highest BCUT2D eigenvalue weighted by Crippen LogP contribution is 2.44. The number of carbonyl (C=O) groups is 1. The van der Waals surface area contributed by atoms with Crippen LogP contribution in [0.25, 0.3) is 0 Å². The maximum absolute atomic E-state index is 11.2. The number of rotatable bonds is 0. The third kappa shape index (κ3) is 1.50. The van der Waals surface area contributed by atoms with Crippen molar-refractivity contribution in [1.82, 2.24) is 10.3 Å². The molecule has 1 saturated heterocycles. The van der Waals surface area contributed by atoms with Gasteiger partial charge < -0.3 is 15.2 Å². The molecule has 1 aliphatic carbocycles. The molecule has 0 aromatic carbocycles. The summed E-state index contributed by atoms with van der Waals surface area (Å²) in [4.78, 5) is 15.2. The van der Waals surface area contributed by atoms with Gasteiger partial charge in [-0.25, -0.2) is 9.78 Å². The Labute approximate surface area is 103 Å². The van der Waals surface area contributed by atoms with Crippen LogP contribution in [0.4, 0.5) is 4.79 Å². The zero-order valence-corrected chi connectivity index (χ0v) is 9.70. The molecule has 0 saturated carbocycles. The topological polar surface area (TPSA) is 71.5 Å². The van der Waals surface area contributed by atoms with Crippen molar-refractivity contribution < 1.29 is 14.6 Å². The predicted molar refractivity (Wildman–Crippen MR) is 59.6 cm³/mol. The summed E-state index contributed by atoms with van der Waals surface area (Å²) in [5.41, 5.74) is 0.853. The highest BCUT2D eigenvalue weighted by Gasteiger charge is 2.46. The first-order valence-corrected chi connectivity index (χ1v) is 5.78. The van der Waals surface area contributed by atoms with Crippen LogP contribution in [0.1, 0.15) is 30.1 Å². The molecule has 1 aromatic heterocycles. The van der Waals surface area contributed by atoms with Crippen molar-refractivity contribution in [3.8, 4) is 0 Å². The number of hydrogen-bond donors (Lipinski definition) is 2. The molecule has 1 fully saturated rings. The van der Waals surface area contributed by atoms with Gasteiger partial charge >= 0.3 is 6.09 Å². The SMILES string of the molecule is O=C1N[C@]2(CC[C@H](O)c3c2ccnc3Cl)CO1. The Hall–Kier alpha value is -1.33. The van der Waals surface area contributed by atoms with Crippen molar-refractivity contribution in [1.29, 1.82) is 0 Å². The minimum absolute atomic E-state index is 0.270. The first-order chi connectivity index (χ1) is 8.12. The molecule has 5 nitrogen and oxygen atoms in total. The van der Waals surface area contributed by atoms with E-state index in [1.54, 1.807) is 12.3 Å². The van der Waals surface area contributed by atoms with E-state index in [0.29, 0.717) is 18.4 Å². The Bertz CT molecular complexity index is 494. The number of alkyl carbamates (subject to hydrolysis) is 1. The number of nitrogens with one attached hydrogen (secondary N) is 1. The number of nitrogens with zero attached hydrogens (tertiary/aromatic N) is 1. The Kier molecular flexibility index (Phi) is 2.27. The quantitative estimate of drug-likeness (QED) is 0.688. The lowest BCUT2D eigenvalue weighted by Crippen LogP contribution is -2.44. The number of halogens is 1. The molecule has 0 radical (unpaired) electrons. The number of aliphatic hydroxyl groups is 1. The van der Waals surface area contributed by atoms with Crippen LogP contribution in [0.2, 0.25) is 5.15 Å². The molecule has 17 heavy (non-hydrogen) atoms. The van der Waals surface area contributed by atoms with Gasteiger partial charge in [-0.3, -0.25) is 0 Å². The van der Waals surface area contributed by atoms with Gasteiger partial charge in [-0.05, 0) is 24.5 Å². The second-order valence-corrected chi connectivity index (χ2v) is 4.76. The fraction of sp³-hybridized carbons (Fsp3) is 0.455. The summed E-state index contributed by atoms with van der Waals surface area (Å²) < 4.78 is 4.98. The lowest BCUT2D eigenvalue weighted by atomic mass is 9.77. The zero-order chi connectivity index (χ0) is 12.0. The van der Waals surface area contributed by atoms with Crippen LogP contribution < -0.4 is 5.32 Å². The van der Waals surface area contributed by atoms with Crippen LogP contribution in [-0.2, 0) is 10.3 Å². The smallest absolute Gasteiger partial charge is 0.408 e. The molecule has 2 N–H and O–H groups in total. The van der Waals surface area contributed by atoms with Crippen molar-refractivity contribution in [2.45, 2.75) is 24.5 Å². The lowest BCUT2D eigenvalue weighted by Gasteiger charge is -2.35. The summed E-state index contributed by atoms with van der Waals surface area (Å²) in [7, 11) is 0. The molecule has 1 aromatic rings. The monoisotopic (exact) mass is 254 g/mol. The number of carbonyl (C=O) groups excluding carboxylic acids is 1. The van der Waals surface area contributed by atoms with Crippen molar-refractivity contribution in [3.63, 3.8) is 0 Å². The number of aliphatic hydroxyl groups excluding tert-OH is 1. The Balaban J connectivity index is 2.16. The molecule has 0 bridgehead atoms. The van der Waals surface area contributed by atoms with Crippen LogP contribution in [0.5, 0.6) is 0 Å². The largest absolute Gasteiger partial charge is 0.447 e. The van der Waals surface area contributed by atoms with Crippen molar-refractivity contribution in [2.24, 2.45) is 0 Å². The number of ether oxygens (including phenoxy) is 1. The first kappa shape index (κ1) is 10.8. The fourth-order valence-electron chi connectivity index (χ4n) is 2.58. The first-order valence-electron chi connectivity index (χ1n) is 5.40. The van der Waals surface area contributed by atoms with Crippen molar-refractivity contribution >= 4 is 17.7 Å². The van der Waals surface area contributed by atoms with Crippen molar-refractivity contribution in [3.05, 3.63) is 28.5 Å². The minimum atomic E-state index is -0.630. The lowest BCUT2D eigenvalue weighted by molar-refractivity contribution is 0.120. The number of cyclic esters (lactones) is 1. The van der Waals surface area contributed by atoms with Crippen LogP contribution in [0, 0.1) is 0 Å². The van der Waals surface area contributed by atoms with Gasteiger partial charge in [-0.1, -0.05) is 11.6 Å². The molecule has 6 heteroatoms. The Morgan fingerprint density at radius 1 is 1.65 bits per heavy atom. The summed E-state index contributed by atoms with van der Waals surface area (Å²) in [6.07, 6.45) is 1.68. The summed E-state index contributed by atoms with van der Waals surface area (Å²) in [5.74, 6) is 0. The highest BCUT2D eigenvalue weighted by atomic mass is 35.5. The van der Waals surface area contributed by atoms with E-state index in [0.717, 1.165) is 5.56 Å². The molecule has 1 amide bonds. The maximum Gasteiger partial charge on any atom is 0.408 e. The van der Waals surface area contributed by atoms with Crippen LogP contribution in [0.3, 0.4) is 0 Å². The second kappa shape index (κ2) is 3.58. The number of hydrogen-bond acceptors (Lipinski definition) is 4. The van der Waals surface area contributed by atoms with E-state index < -0.39 is 17.7 Å². The molecule has 90 valence electrons. The van der Waals surface area contributed by atoms with E-state index in [4.69, 9.17) is 16.3 Å². The standard InChI is InChI=1S/C11H11ClN2O3/c12-9-8-6(2-4-13-9)11(3-1-7(8)15)5-17-10(16)14-11/h2,4,7,15H,1,3,5H2,(H,14,16)/t7-,11+/m0/s1. The molecule has 1 spiro atoms. The van der Waals surface area contributed by atoms with Gasteiger partial charge in [0.25, 0.3) is 0 Å². The molecular weight excluding hydrogens is 244 g/mol. The van der Waals surface area contributed by atoms with E-state index in [2.05, 4.69) is 10.3 Å². The number of fused-ring (bicyclic) bond motifs is 2. The number of pyridine rings is 1. The fourth-order valence-corrected chi connectivity index (χ4v) is 2.86. The van der Waals surface area contributed by atoms with E-state index in [1.807, 2.05) is 0 Å². The number of aromatic nitrogens is 1. The van der Waals surface area contributed by atoms with Gasteiger partial charge in [0.2, 0.25) is 0 Å². The van der Waals surface area contributed by atoms with Gasteiger partial charge in [0.05, 0.1) is 6.10 Å². The highest BCUT2D eigenvalue weighted by molar-refractivity contribution is 6.30. The molecule has 1 aliphatic heterocycles. The van der Waals surface area contributed by atoms with Crippen LogP contribution >= 0.6 is 11.6 Å². The molecular formula is C11H11ClN2O3. The Morgan fingerprint density at radius 3 is 3.18 bits per heavy atom. The van der Waals surface area contributed by atoms with Crippen LogP contribution in [0.15, 0.2) is 12.3 Å². The third-order valence-corrected chi connectivity index (χ3v) is 3.73. The zero-order valence-electron chi connectivity index (χ0n) is 8.94. The summed E-state index contributed by atoms with van der Waals surface area (Å²) >= 11 is 6.01. The maximum atomic E-state index is 11.2. The third-order valence-electron chi connectivity index (χ3n) is 3.43. The van der Waals surface area contributed by atoms with Gasteiger partial charge in [-0.15, -0.1) is 0 Å². The predicted octanol–water partition coefficient (Wildman–Crippen LogP) is 1.50. The van der Waals surface area contributed by atoms with Crippen LogP contribution in [-0.4, -0.2) is 22.8 Å². The minimum Gasteiger partial charge on any atom is -0.447 e. The summed E-state index contributed by atoms with van der Waals surface area (Å²) in [5, 5.41) is 13.1. The van der Waals surface area contributed by atoms with Gasteiger partial charge in [-0.2, -0.15) is 0 Å². The number of amides is 1. The van der Waals surface area contributed by atoms with Gasteiger partial charge in [0.15, 0.2) is 0 Å². The van der Waals surface area contributed by atoms with Crippen molar-refractivity contribution in [2.75, 3.05) is 6.61 Å². The van der Waals surface area contributed by atoms with Gasteiger partial charge in [0, 0.05) is 11.8 Å². The average Bonchev–Trinajstić information content (AvgIpc) is 2.67. The molecule has 2 atom stereocenters. The van der Waals surface area contributed by atoms with E-state index >= 15 is 0 Å². The Morgan fingerprint density at radius 2 is 2.47 bits per heavy atom. The molecule has 2 heterocycles. The summed E-state index contributed by atoms with van der Waals surface area (Å²) in [6, 6.07) is 1.78. The average molecular weight is 255 g/mol. The van der Waals surface area contributed by atoms with E-state index in [1.165, 1.54) is 0 Å². The molecule has 2 aliphatic rings.